The maximum atomic E-state index is 12.0. The van der Waals surface area contributed by atoms with Gasteiger partial charge in [-0.3, -0.25) is 4.79 Å². The topological polar surface area (TPSA) is 97.4 Å². The Morgan fingerprint density at radius 1 is 1.23 bits per heavy atom. The summed E-state index contributed by atoms with van der Waals surface area (Å²) in [4.78, 5) is 23.2. The number of hydrogen-bond donors (Lipinski definition) is 3. The van der Waals surface area contributed by atoms with E-state index in [0.29, 0.717) is 11.3 Å². The van der Waals surface area contributed by atoms with Gasteiger partial charge >= 0.3 is 6.03 Å². The third kappa shape index (κ3) is 3.66. The van der Waals surface area contributed by atoms with Crippen molar-refractivity contribution in [2.45, 2.75) is 26.8 Å². The van der Waals surface area contributed by atoms with Crippen molar-refractivity contribution >= 4 is 17.6 Å². The lowest BCUT2D eigenvalue weighted by molar-refractivity contribution is 0.1000. The van der Waals surface area contributed by atoms with Gasteiger partial charge in [-0.25, -0.2) is 4.79 Å². The molecule has 0 aliphatic heterocycles. The average Bonchev–Trinajstić information content (AvgIpc) is 2.77. The van der Waals surface area contributed by atoms with Crippen LogP contribution in [0.3, 0.4) is 0 Å². The van der Waals surface area contributed by atoms with Crippen molar-refractivity contribution in [2.24, 2.45) is 5.73 Å². The molecule has 116 valence electrons. The number of rotatable bonds is 4. The third-order valence-corrected chi connectivity index (χ3v) is 3.30. The molecule has 0 saturated carbocycles. The summed E-state index contributed by atoms with van der Waals surface area (Å²) in [6, 6.07) is 7.79. The van der Waals surface area contributed by atoms with Crippen LogP contribution >= 0.6 is 0 Å². The molecule has 0 fully saturated rings. The number of furan rings is 1. The van der Waals surface area contributed by atoms with E-state index in [1.54, 1.807) is 18.2 Å². The summed E-state index contributed by atoms with van der Waals surface area (Å²) in [6.45, 7) is 5.59. The number of amides is 3. The summed E-state index contributed by atoms with van der Waals surface area (Å²) >= 11 is 0. The smallest absolute Gasteiger partial charge is 0.319 e. The van der Waals surface area contributed by atoms with Gasteiger partial charge < -0.3 is 20.8 Å². The van der Waals surface area contributed by atoms with Gasteiger partial charge in [0, 0.05) is 16.8 Å². The van der Waals surface area contributed by atoms with Crippen LogP contribution in [0.15, 0.2) is 34.7 Å². The van der Waals surface area contributed by atoms with Gasteiger partial charge in [-0.15, -0.1) is 0 Å². The fraction of sp³-hybridized carbons (Fsp3) is 0.250. The van der Waals surface area contributed by atoms with Gasteiger partial charge in [-0.1, -0.05) is 6.07 Å². The van der Waals surface area contributed by atoms with Crippen LogP contribution in [-0.2, 0) is 0 Å². The first-order valence-electron chi connectivity index (χ1n) is 6.91. The van der Waals surface area contributed by atoms with Gasteiger partial charge in [-0.2, -0.15) is 0 Å². The molecular weight excluding hydrogens is 282 g/mol. The Hall–Kier alpha value is -2.76. The molecule has 1 unspecified atom stereocenters. The summed E-state index contributed by atoms with van der Waals surface area (Å²) in [6.07, 6.45) is 0. The average molecular weight is 301 g/mol. The number of nitrogens with one attached hydrogen (secondary N) is 2. The Kier molecular flexibility index (Phi) is 4.50. The van der Waals surface area contributed by atoms with E-state index in [9.17, 15) is 9.59 Å². The molecule has 4 N–H and O–H groups in total. The Morgan fingerprint density at radius 2 is 1.95 bits per heavy atom. The van der Waals surface area contributed by atoms with E-state index in [4.69, 9.17) is 10.2 Å². The van der Waals surface area contributed by atoms with Crippen LogP contribution < -0.4 is 16.4 Å². The zero-order valence-electron chi connectivity index (χ0n) is 12.8. The van der Waals surface area contributed by atoms with E-state index < -0.39 is 5.91 Å². The van der Waals surface area contributed by atoms with Crippen molar-refractivity contribution in [3.63, 3.8) is 0 Å². The van der Waals surface area contributed by atoms with Crippen molar-refractivity contribution in [2.75, 3.05) is 5.32 Å². The third-order valence-electron chi connectivity index (χ3n) is 3.30. The van der Waals surface area contributed by atoms with E-state index >= 15 is 0 Å². The van der Waals surface area contributed by atoms with Crippen LogP contribution in [0.5, 0.6) is 0 Å². The largest absolute Gasteiger partial charge is 0.466 e. The Morgan fingerprint density at radius 3 is 2.55 bits per heavy atom. The van der Waals surface area contributed by atoms with Crippen LogP contribution in [0.1, 0.15) is 40.4 Å². The summed E-state index contributed by atoms with van der Waals surface area (Å²) in [5.41, 5.74) is 6.98. The highest BCUT2D eigenvalue weighted by Gasteiger charge is 2.15. The lowest BCUT2D eigenvalue weighted by atomic mass is 10.1. The highest BCUT2D eigenvalue weighted by molar-refractivity contribution is 5.95. The first-order valence-corrected chi connectivity index (χ1v) is 6.91. The van der Waals surface area contributed by atoms with Crippen molar-refractivity contribution in [1.82, 2.24) is 5.32 Å². The molecule has 1 aromatic carbocycles. The van der Waals surface area contributed by atoms with Crippen LogP contribution in [0.4, 0.5) is 10.5 Å². The molecule has 1 aromatic heterocycles. The predicted molar refractivity (Wildman–Crippen MR) is 83.7 cm³/mol. The summed E-state index contributed by atoms with van der Waals surface area (Å²) in [5.74, 6) is 1.04. The normalized spacial score (nSPS) is 11.8. The van der Waals surface area contributed by atoms with Gasteiger partial charge in [0.2, 0.25) is 5.91 Å². The molecule has 0 saturated heterocycles. The Labute approximate surface area is 128 Å². The maximum absolute atomic E-state index is 12.0. The Bertz CT molecular complexity index is 706. The SMILES string of the molecule is Cc1cc(C(C)NC(=O)Nc2cccc(C(N)=O)c2)c(C)o1. The van der Waals surface area contributed by atoms with E-state index in [1.165, 1.54) is 6.07 Å². The van der Waals surface area contributed by atoms with Gasteiger partial charge in [0.05, 0.1) is 6.04 Å². The highest BCUT2D eigenvalue weighted by atomic mass is 16.3. The zero-order chi connectivity index (χ0) is 16.3. The molecule has 2 aromatic rings. The van der Waals surface area contributed by atoms with E-state index in [0.717, 1.165) is 17.1 Å². The molecule has 0 aliphatic rings. The minimum absolute atomic E-state index is 0.197. The molecule has 22 heavy (non-hydrogen) atoms. The minimum atomic E-state index is -0.540. The summed E-state index contributed by atoms with van der Waals surface area (Å²) in [7, 11) is 0. The number of carbonyl (C=O) groups excluding carboxylic acids is 2. The zero-order valence-corrected chi connectivity index (χ0v) is 12.8. The molecule has 6 heteroatoms. The standard InChI is InChI=1S/C16H19N3O3/c1-9-7-14(11(3)22-9)10(2)18-16(21)19-13-6-4-5-12(8-13)15(17)20/h4-8,10H,1-3H3,(H2,17,20)(H2,18,19,21). The van der Waals surface area contributed by atoms with Crippen molar-refractivity contribution in [1.29, 1.82) is 0 Å². The first-order chi connectivity index (χ1) is 10.4. The van der Waals surface area contributed by atoms with Crippen LogP contribution in [0.25, 0.3) is 0 Å². The van der Waals surface area contributed by atoms with Crippen LogP contribution in [0, 0.1) is 13.8 Å². The second kappa shape index (κ2) is 6.34. The number of urea groups is 1. The van der Waals surface area contributed by atoms with E-state index in [-0.39, 0.29) is 12.1 Å². The van der Waals surface area contributed by atoms with Gasteiger partial charge in [0.25, 0.3) is 0 Å². The molecule has 0 radical (unpaired) electrons. The first kappa shape index (κ1) is 15.6. The molecule has 0 spiro atoms. The molecule has 2 rings (SSSR count). The fourth-order valence-electron chi connectivity index (χ4n) is 2.27. The second-order valence-electron chi connectivity index (χ2n) is 5.13. The number of benzene rings is 1. The van der Waals surface area contributed by atoms with Gasteiger partial charge in [-0.05, 0) is 45.0 Å². The number of anilines is 1. The van der Waals surface area contributed by atoms with Gasteiger partial charge in [0.1, 0.15) is 11.5 Å². The van der Waals surface area contributed by atoms with E-state index in [2.05, 4.69) is 10.6 Å². The number of aryl methyl sites for hydroxylation is 2. The highest BCUT2D eigenvalue weighted by Crippen LogP contribution is 2.21. The van der Waals surface area contributed by atoms with Crippen LogP contribution in [0.2, 0.25) is 0 Å². The molecule has 1 atom stereocenters. The lowest BCUT2D eigenvalue weighted by Gasteiger charge is -2.14. The quantitative estimate of drug-likeness (QED) is 0.810. The number of nitrogens with two attached hydrogens (primary N) is 1. The lowest BCUT2D eigenvalue weighted by Crippen LogP contribution is -2.31. The number of primary amides is 1. The second-order valence-corrected chi connectivity index (χ2v) is 5.13. The Balaban J connectivity index is 2.02. The minimum Gasteiger partial charge on any atom is -0.466 e. The van der Waals surface area contributed by atoms with Gasteiger partial charge in [0.15, 0.2) is 0 Å². The monoisotopic (exact) mass is 301 g/mol. The number of hydrogen-bond acceptors (Lipinski definition) is 3. The summed E-state index contributed by atoms with van der Waals surface area (Å²) < 4.78 is 5.45. The molecule has 6 nitrogen and oxygen atoms in total. The molecule has 3 amide bonds. The molecule has 0 bridgehead atoms. The molecule has 1 heterocycles. The van der Waals surface area contributed by atoms with Crippen molar-refractivity contribution in [3.05, 3.63) is 53.0 Å². The van der Waals surface area contributed by atoms with Crippen molar-refractivity contribution < 1.29 is 14.0 Å². The number of carbonyl (C=O) groups is 2. The van der Waals surface area contributed by atoms with Crippen LogP contribution in [-0.4, -0.2) is 11.9 Å². The predicted octanol–water partition coefficient (Wildman–Crippen LogP) is 2.88. The molecule has 0 aliphatic carbocycles. The van der Waals surface area contributed by atoms with E-state index in [1.807, 2.05) is 26.8 Å². The van der Waals surface area contributed by atoms with Crippen molar-refractivity contribution in [3.8, 4) is 0 Å². The molecular formula is C16H19N3O3. The fourth-order valence-corrected chi connectivity index (χ4v) is 2.27. The summed E-state index contributed by atoms with van der Waals surface area (Å²) in [5, 5.41) is 5.50. The maximum Gasteiger partial charge on any atom is 0.319 e.